The molecular formula is C13H17Cl3N2O. The summed E-state index contributed by atoms with van der Waals surface area (Å²) in [5.41, 5.74) is 0. The molecule has 1 fully saturated rings. The van der Waals surface area contributed by atoms with Gasteiger partial charge >= 0.3 is 0 Å². The fraction of sp³-hybridized carbons (Fsp3) is 0.538. The van der Waals surface area contributed by atoms with E-state index in [1.807, 2.05) is 0 Å². The van der Waals surface area contributed by atoms with Gasteiger partial charge in [-0.05, 0) is 18.6 Å². The molecule has 1 aromatic carbocycles. The average molecular weight is 324 g/mol. The molecule has 0 bridgehead atoms. The van der Waals surface area contributed by atoms with Crippen LogP contribution in [-0.2, 0) is 0 Å². The molecule has 106 valence electrons. The Hall–Kier alpha value is -0.190. The van der Waals surface area contributed by atoms with E-state index in [0.717, 1.165) is 39.1 Å². The van der Waals surface area contributed by atoms with Crippen LogP contribution < -0.4 is 10.1 Å². The van der Waals surface area contributed by atoms with Gasteiger partial charge in [-0.15, -0.1) is 0 Å². The first-order chi connectivity index (χ1) is 9.16. The van der Waals surface area contributed by atoms with Crippen LogP contribution in [-0.4, -0.2) is 44.2 Å². The summed E-state index contributed by atoms with van der Waals surface area (Å²) >= 11 is 17.9. The van der Waals surface area contributed by atoms with Crippen LogP contribution in [0.4, 0.5) is 0 Å². The summed E-state index contributed by atoms with van der Waals surface area (Å²) in [6.07, 6.45) is 0.954. The van der Waals surface area contributed by atoms with Gasteiger partial charge in [0.25, 0.3) is 0 Å². The summed E-state index contributed by atoms with van der Waals surface area (Å²) in [5, 5.41) is 4.76. The summed E-state index contributed by atoms with van der Waals surface area (Å²) < 4.78 is 5.65. The van der Waals surface area contributed by atoms with Crippen molar-refractivity contribution in [1.82, 2.24) is 10.2 Å². The predicted molar refractivity (Wildman–Crippen MR) is 80.9 cm³/mol. The topological polar surface area (TPSA) is 24.5 Å². The fourth-order valence-electron chi connectivity index (χ4n) is 2.06. The maximum Gasteiger partial charge on any atom is 0.156 e. The lowest BCUT2D eigenvalue weighted by molar-refractivity contribution is 0.214. The van der Waals surface area contributed by atoms with Crippen LogP contribution >= 0.6 is 34.8 Å². The van der Waals surface area contributed by atoms with Crippen LogP contribution in [0.5, 0.6) is 5.75 Å². The number of benzene rings is 1. The second-order valence-corrected chi connectivity index (χ2v) is 5.74. The highest BCUT2D eigenvalue weighted by Gasteiger charge is 2.11. The summed E-state index contributed by atoms with van der Waals surface area (Å²) in [6.45, 7) is 5.96. The predicted octanol–water partition coefficient (Wildman–Crippen LogP) is 3.32. The molecule has 6 heteroatoms. The minimum absolute atomic E-state index is 0.458. The van der Waals surface area contributed by atoms with Crippen molar-refractivity contribution in [1.29, 1.82) is 0 Å². The van der Waals surface area contributed by atoms with E-state index in [2.05, 4.69) is 10.2 Å². The average Bonchev–Trinajstić information content (AvgIpc) is 2.38. The number of nitrogens with one attached hydrogen (secondary N) is 1. The quantitative estimate of drug-likeness (QED) is 0.841. The zero-order valence-corrected chi connectivity index (χ0v) is 12.9. The molecule has 1 aliphatic heterocycles. The third-order valence-corrected chi connectivity index (χ3v) is 3.82. The van der Waals surface area contributed by atoms with Gasteiger partial charge in [0.15, 0.2) is 5.75 Å². The molecule has 0 amide bonds. The van der Waals surface area contributed by atoms with Gasteiger partial charge in [0, 0.05) is 37.7 Å². The van der Waals surface area contributed by atoms with Crippen molar-refractivity contribution in [2.45, 2.75) is 6.42 Å². The Morgan fingerprint density at radius 3 is 2.37 bits per heavy atom. The van der Waals surface area contributed by atoms with Crippen molar-refractivity contribution in [3.63, 3.8) is 0 Å². The number of nitrogens with zero attached hydrogens (tertiary/aromatic N) is 1. The van der Waals surface area contributed by atoms with Gasteiger partial charge in [0.2, 0.25) is 0 Å². The summed E-state index contributed by atoms with van der Waals surface area (Å²) in [7, 11) is 0. The molecule has 0 aromatic heterocycles. The van der Waals surface area contributed by atoms with Gasteiger partial charge in [0.05, 0.1) is 16.7 Å². The number of ether oxygens (including phenoxy) is 1. The molecule has 1 aliphatic rings. The molecule has 0 saturated carbocycles. The minimum atomic E-state index is 0.458. The fourth-order valence-corrected chi connectivity index (χ4v) is 2.99. The summed E-state index contributed by atoms with van der Waals surface area (Å²) in [6, 6.07) is 3.28. The van der Waals surface area contributed by atoms with Gasteiger partial charge < -0.3 is 15.0 Å². The molecule has 1 heterocycles. The number of hydrogen-bond donors (Lipinski definition) is 1. The van der Waals surface area contributed by atoms with E-state index in [9.17, 15) is 0 Å². The Labute approximate surface area is 128 Å². The number of hydrogen-bond acceptors (Lipinski definition) is 3. The first-order valence-electron chi connectivity index (χ1n) is 6.37. The molecular weight excluding hydrogens is 307 g/mol. The van der Waals surface area contributed by atoms with E-state index in [1.165, 1.54) is 0 Å². The van der Waals surface area contributed by atoms with Crippen LogP contribution in [0.15, 0.2) is 12.1 Å². The normalized spacial score (nSPS) is 16.6. The van der Waals surface area contributed by atoms with Crippen molar-refractivity contribution < 1.29 is 4.74 Å². The van der Waals surface area contributed by atoms with Crippen molar-refractivity contribution in [2.24, 2.45) is 0 Å². The van der Waals surface area contributed by atoms with Crippen molar-refractivity contribution in [3.05, 3.63) is 27.2 Å². The Kier molecular flexibility index (Phi) is 6.05. The number of piperazine rings is 1. The Morgan fingerprint density at radius 2 is 1.74 bits per heavy atom. The van der Waals surface area contributed by atoms with E-state index in [1.54, 1.807) is 12.1 Å². The van der Waals surface area contributed by atoms with Gasteiger partial charge in [-0.2, -0.15) is 0 Å². The first kappa shape index (κ1) is 15.2. The minimum Gasteiger partial charge on any atom is -0.490 e. The second-order valence-electron chi connectivity index (χ2n) is 4.49. The van der Waals surface area contributed by atoms with Crippen molar-refractivity contribution in [3.8, 4) is 5.75 Å². The van der Waals surface area contributed by atoms with E-state index in [4.69, 9.17) is 39.5 Å². The third kappa shape index (κ3) is 4.69. The van der Waals surface area contributed by atoms with Gasteiger partial charge in [0.1, 0.15) is 0 Å². The van der Waals surface area contributed by atoms with Crippen LogP contribution in [0.3, 0.4) is 0 Å². The summed E-state index contributed by atoms with van der Waals surface area (Å²) in [4.78, 5) is 2.42. The molecule has 0 unspecified atom stereocenters. The Morgan fingerprint density at radius 1 is 1.11 bits per heavy atom. The second kappa shape index (κ2) is 7.55. The lowest BCUT2D eigenvalue weighted by Crippen LogP contribution is -2.43. The maximum atomic E-state index is 6.05. The first-order valence-corrected chi connectivity index (χ1v) is 7.50. The van der Waals surface area contributed by atoms with Crippen LogP contribution in [0.25, 0.3) is 0 Å². The molecule has 1 N–H and O–H groups in total. The lowest BCUT2D eigenvalue weighted by atomic mass is 10.3. The van der Waals surface area contributed by atoms with E-state index < -0.39 is 0 Å². The number of halogens is 3. The Balaban J connectivity index is 1.76. The number of rotatable bonds is 5. The molecule has 3 nitrogen and oxygen atoms in total. The van der Waals surface area contributed by atoms with Gasteiger partial charge in [-0.3, -0.25) is 0 Å². The zero-order chi connectivity index (χ0) is 13.7. The lowest BCUT2D eigenvalue weighted by Gasteiger charge is -2.27. The van der Waals surface area contributed by atoms with E-state index >= 15 is 0 Å². The van der Waals surface area contributed by atoms with Crippen LogP contribution in [0.1, 0.15) is 6.42 Å². The molecule has 0 atom stereocenters. The molecule has 0 aliphatic carbocycles. The molecule has 2 rings (SSSR count). The SMILES string of the molecule is Clc1cc(Cl)c(OCCCN2CCNCC2)c(Cl)c1. The van der Waals surface area contributed by atoms with Gasteiger partial charge in [-0.1, -0.05) is 34.8 Å². The third-order valence-electron chi connectivity index (χ3n) is 3.04. The highest BCUT2D eigenvalue weighted by atomic mass is 35.5. The highest BCUT2D eigenvalue weighted by molar-refractivity contribution is 6.40. The van der Waals surface area contributed by atoms with E-state index in [0.29, 0.717) is 27.4 Å². The summed E-state index contributed by atoms with van der Waals surface area (Å²) in [5.74, 6) is 0.521. The molecule has 0 radical (unpaired) electrons. The smallest absolute Gasteiger partial charge is 0.156 e. The molecule has 1 aromatic rings. The zero-order valence-electron chi connectivity index (χ0n) is 10.6. The van der Waals surface area contributed by atoms with Gasteiger partial charge in [-0.25, -0.2) is 0 Å². The highest BCUT2D eigenvalue weighted by Crippen LogP contribution is 2.35. The molecule has 0 spiro atoms. The maximum absolute atomic E-state index is 6.05. The standard InChI is InChI=1S/C13H17Cl3N2O/c14-10-8-11(15)13(12(16)9-10)19-7-1-4-18-5-2-17-3-6-18/h8-9,17H,1-7H2. The monoisotopic (exact) mass is 322 g/mol. The van der Waals surface area contributed by atoms with Crippen molar-refractivity contribution in [2.75, 3.05) is 39.3 Å². The Bertz CT molecular complexity index is 399. The largest absolute Gasteiger partial charge is 0.490 e. The van der Waals surface area contributed by atoms with Crippen molar-refractivity contribution >= 4 is 34.8 Å². The van der Waals surface area contributed by atoms with Crippen LogP contribution in [0, 0.1) is 0 Å². The van der Waals surface area contributed by atoms with E-state index in [-0.39, 0.29) is 0 Å². The van der Waals surface area contributed by atoms with Crippen LogP contribution in [0.2, 0.25) is 15.1 Å². The molecule has 1 saturated heterocycles. The molecule has 19 heavy (non-hydrogen) atoms.